The monoisotopic (exact) mass is 481 g/mol. The van der Waals surface area contributed by atoms with Crippen molar-refractivity contribution in [2.45, 2.75) is 37.4 Å². The number of carboxylic acid groups (broad SMARTS) is 1. The van der Waals surface area contributed by atoms with Gasteiger partial charge in [-0.05, 0) is 41.8 Å². The van der Waals surface area contributed by atoms with Crippen LogP contribution in [-0.4, -0.2) is 61.2 Å². The second-order valence-electron chi connectivity index (χ2n) is 8.09. The Morgan fingerprint density at radius 1 is 0.829 bits per heavy atom. The molecule has 0 aliphatic rings. The van der Waals surface area contributed by atoms with E-state index in [1.54, 1.807) is 24.3 Å². The maximum Gasteiger partial charge on any atom is 0.326 e. The van der Waals surface area contributed by atoms with Gasteiger partial charge in [0.2, 0.25) is 11.8 Å². The number of imidazole rings is 1. The molecule has 0 saturated heterocycles. The Balaban J connectivity index is 1.73. The average Bonchev–Trinajstić information content (AvgIpc) is 3.34. The maximum atomic E-state index is 13.1. The van der Waals surface area contributed by atoms with Crippen molar-refractivity contribution in [3.63, 3.8) is 0 Å². The Bertz CT molecular complexity index is 1130. The van der Waals surface area contributed by atoms with Crippen molar-refractivity contribution >= 4 is 17.8 Å². The van der Waals surface area contributed by atoms with Crippen molar-refractivity contribution in [1.29, 1.82) is 0 Å². The quantitative estimate of drug-likeness (QED) is 0.202. The number of phenolic OH excluding ortho intramolecular Hbond substituents is 2. The number of rotatable bonds is 11. The van der Waals surface area contributed by atoms with Crippen molar-refractivity contribution < 1.29 is 29.7 Å². The lowest BCUT2D eigenvalue weighted by molar-refractivity contribution is -0.142. The second-order valence-corrected chi connectivity index (χ2v) is 8.09. The predicted molar refractivity (Wildman–Crippen MR) is 125 cm³/mol. The molecule has 1 aromatic heterocycles. The van der Waals surface area contributed by atoms with Crippen LogP contribution < -0.4 is 16.4 Å². The van der Waals surface area contributed by atoms with Gasteiger partial charge >= 0.3 is 5.97 Å². The highest BCUT2D eigenvalue weighted by Crippen LogP contribution is 2.13. The van der Waals surface area contributed by atoms with Crippen LogP contribution in [0.15, 0.2) is 61.1 Å². The van der Waals surface area contributed by atoms with E-state index in [0.717, 1.165) is 5.56 Å². The van der Waals surface area contributed by atoms with E-state index in [4.69, 9.17) is 5.73 Å². The molecule has 2 amide bonds. The van der Waals surface area contributed by atoms with Crippen LogP contribution in [0.1, 0.15) is 16.8 Å². The van der Waals surface area contributed by atoms with Crippen LogP contribution in [0.3, 0.4) is 0 Å². The molecule has 8 N–H and O–H groups in total. The fourth-order valence-corrected chi connectivity index (χ4v) is 3.42. The molecular formula is C24H27N5O6. The number of hydrogen-bond donors (Lipinski definition) is 7. The van der Waals surface area contributed by atoms with Gasteiger partial charge in [0.1, 0.15) is 23.6 Å². The first-order valence-electron chi connectivity index (χ1n) is 10.8. The fraction of sp³-hybridized carbons (Fsp3) is 0.250. The summed E-state index contributed by atoms with van der Waals surface area (Å²) in [6, 6.07) is 8.94. The van der Waals surface area contributed by atoms with Gasteiger partial charge < -0.3 is 36.7 Å². The molecule has 11 heteroatoms. The molecule has 0 spiro atoms. The van der Waals surface area contributed by atoms with Gasteiger partial charge in [0, 0.05) is 24.7 Å². The third-order valence-electron chi connectivity index (χ3n) is 5.33. The first kappa shape index (κ1) is 25.2. The minimum absolute atomic E-state index is 0.0265. The number of carboxylic acids is 1. The summed E-state index contributed by atoms with van der Waals surface area (Å²) in [5.74, 6) is -2.42. The summed E-state index contributed by atoms with van der Waals surface area (Å²) in [7, 11) is 0. The third kappa shape index (κ3) is 7.57. The highest BCUT2D eigenvalue weighted by Gasteiger charge is 2.28. The number of nitrogens with two attached hydrogens (primary N) is 1. The summed E-state index contributed by atoms with van der Waals surface area (Å²) in [6.07, 6.45) is 3.04. The number of aromatic hydroxyl groups is 2. The van der Waals surface area contributed by atoms with Crippen LogP contribution in [0.2, 0.25) is 0 Å². The highest BCUT2D eigenvalue weighted by atomic mass is 16.4. The predicted octanol–water partition coefficient (Wildman–Crippen LogP) is 0.230. The normalized spacial score (nSPS) is 13.4. The molecular weight excluding hydrogens is 454 g/mol. The number of nitrogens with zero attached hydrogens (tertiary/aromatic N) is 1. The summed E-state index contributed by atoms with van der Waals surface area (Å²) in [6.45, 7) is 0. The molecule has 3 atom stereocenters. The number of H-pyrrole nitrogens is 1. The Hall–Kier alpha value is -4.38. The number of phenols is 2. The van der Waals surface area contributed by atoms with E-state index in [2.05, 4.69) is 20.6 Å². The van der Waals surface area contributed by atoms with Gasteiger partial charge in [-0.1, -0.05) is 24.3 Å². The molecule has 3 rings (SSSR count). The van der Waals surface area contributed by atoms with Crippen LogP contribution in [0, 0.1) is 0 Å². The van der Waals surface area contributed by atoms with E-state index in [-0.39, 0.29) is 30.8 Å². The van der Waals surface area contributed by atoms with Crippen molar-refractivity contribution in [1.82, 2.24) is 20.6 Å². The molecule has 0 saturated carbocycles. The van der Waals surface area contributed by atoms with Crippen molar-refractivity contribution in [2.24, 2.45) is 5.73 Å². The van der Waals surface area contributed by atoms with Crippen LogP contribution >= 0.6 is 0 Å². The minimum atomic E-state index is -1.26. The summed E-state index contributed by atoms with van der Waals surface area (Å²) in [5, 5.41) is 33.6. The number of nitrogens with one attached hydrogen (secondary N) is 3. The lowest BCUT2D eigenvalue weighted by Gasteiger charge is -2.23. The third-order valence-corrected chi connectivity index (χ3v) is 5.33. The van der Waals surface area contributed by atoms with Gasteiger partial charge in [-0.3, -0.25) is 9.59 Å². The zero-order chi connectivity index (χ0) is 25.4. The van der Waals surface area contributed by atoms with Gasteiger partial charge in [0.15, 0.2) is 0 Å². The highest BCUT2D eigenvalue weighted by molar-refractivity contribution is 5.92. The van der Waals surface area contributed by atoms with Gasteiger partial charge in [0.25, 0.3) is 0 Å². The molecule has 0 bridgehead atoms. The second kappa shape index (κ2) is 11.7. The molecule has 2 aromatic carbocycles. The molecule has 1 heterocycles. The Labute approximate surface area is 201 Å². The smallest absolute Gasteiger partial charge is 0.326 e. The number of amides is 2. The van der Waals surface area contributed by atoms with E-state index in [1.165, 1.54) is 36.8 Å². The number of aliphatic carboxylic acids is 1. The molecule has 0 radical (unpaired) electrons. The van der Waals surface area contributed by atoms with Gasteiger partial charge in [-0.2, -0.15) is 0 Å². The lowest BCUT2D eigenvalue weighted by Crippen LogP contribution is -2.55. The number of hydrogen-bond acceptors (Lipinski definition) is 7. The molecule has 35 heavy (non-hydrogen) atoms. The average molecular weight is 482 g/mol. The maximum absolute atomic E-state index is 13.1. The molecule has 0 aliphatic heterocycles. The molecule has 0 fully saturated rings. The van der Waals surface area contributed by atoms with Crippen LogP contribution in [0.5, 0.6) is 11.5 Å². The SMILES string of the molecule is NC(Cc1ccc(O)cc1)C(=O)NC(Cc1ccc(O)cc1)C(=O)NC(Cc1cnc[nH]1)C(=O)O. The van der Waals surface area contributed by atoms with Gasteiger partial charge in [0.05, 0.1) is 12.4 Å². The van der Waals surface area contributed by atoms with Crippen LogP contribution in [0.25, 0.3) is 0 Å². The minimum Gasteiger partial charge on any atom is -0.508 e. The molecule has 11 nitrogen and oxygen atoms in total. The fourth-order valence-electron chi connectivity index (χ4n) is 3.42. The number of benzene rings is 2. The largest absolute Gasteiger partial charge is 0.508 e. The van der Waals surface area contributed by atoms with Gasteiger partial charge in [-0.15, -0.1) is 0 Å². The number of aromatic amines is 1. The van der Waals surface area contributed by atoms with Crippen molar-refractivity contribution in [3.05, 3.63) is 77.9 Å². The summed E-state index contributed by atoms with van der Waals surface area (Å²) >= 11 is 0. The Morgan fingerprint density at radius 2 is 1.37 bits per heavy atom. The number of carbonyl (C=O) groups is 3. The lowest BCUT2D eigenvalue weighted by atomic mass is 10.0. The van der Waals surface area contributed by atoms with Crippen LogP contribution in [0.4, 0.5) is 0 Å². The van der Waals surface area contributed by atoms with Gasteiger partial charge in [-0.25, -0.2) is 9.78 Å². The zero-order valence-electron chi connectivity index (χ0n) is 18.7. The Kier molecular flexibility index (Phi) is 8.41. The topological polar surface area (TPSA) is 191 Å². The Morgan fingerprint density at radius 3 is 1.89 bits per heavy atom. The molecule has 3 unspecified atom stereocenters. The molecule has 184 valence electrons. The number of aromatic nitrogens is 2. The van der Waals surface area contributed by atoms with E-state index in [9.17, 15) is 29.7 Å². The van der Waals surface area contributed by atoms with E-state index >= 15 is 0 Å². The van der Waals surface area contributed by atoms with E-state index in [0.29, 0.717) is 11.3 Å². The van der Waals surface area contributed by atoms with Crippen LogP contribution in [-0.2, 0) is 33.6 Å². The van der Waals surface area contributed by atoms with Crippen molar-refractivity contribution in [2.75, 3.05) is 0 Å². The standard InChI is InChI=1S/C24H27N5O6/c25-19(9-14-1-5-17(30)6-2-14)22(32)28-20(10-15-3-7-18(31)8-4-15)23(33)29-21(24(34)35)11-16-12-26-13-27-16/h1-8,12-13,19-21,30-31H,9-11,25H2,(H,26,27)(H,28,32)(H,29,33)(H,34,35). The first-order valence-corrected chi connectivity index (χ1v) is 10.8. The summed E-state index contributed by atoms with van der Waals surface area (Å²) in [5.41, 5.74) is 7.92. The first-order chi connectivity index (χ1) is 16.7. The van der Waals surface area contributed by atoms with Crippen molar-refractivity contribution in [3.8, 4) is 11.5 Å². The molecule has 0 aliphatic carbocycles. The molecule has 3 aromatic rings. The zero-order valence-corrected chi connectivity index (χ0v) is 18.7. The summed E-state index contributed by atoms with van der Waals surface area (Å²) in [4.78, 5) is 44.3. The van der Waals surface area contributed by atoms with E-state index in [1.807, 2.05) is 0 Å². The number of carbonyl (C=O) groups excluding carboxylic acids is 2. The van der Waals surface area contributed by atoms with E-state index < -0.39 is 35.9 Å². The summed E-state index contributed by atoms with van der Waals surface area (Å²) < 4.78 is 0.